The molecule has 0 aliphatic carbocycles. The van der Waals surface area contributed by atoms with Crippen LogP contribution < -0.4 is 4.74 Å². The van der Waals surface area contributed by atoms with Crippen LogP contribution in [0, 0.1) is 5.92 Å². The lowest BCUT2D eigenvalue weighted by molar-refractivity contribution is 0.0552. The van der Waals surface area contributed by atoms with Crippen LogP contribution in [0.5, 0.6) is 5.75 Å². The molecular formula is C14H19BrClF2NO. The molecular weight excluding hydrogens is 352 g/mol. The Labute approximate surface area is 133 Å². The lowest BCUT2D eigenvalue weighted by Gasteiger charge is -2.32. The molecule has 1 aliphatic rings. The minimum Gasteiger partial charge on any atom is -0.493 e. The summed E-state index contributed by atoms with van der Waals surface area (Å²) in [5, 5.41) is 0. The number of nitrogens with zero attached hydrogens (tertiary/aromatic N) is 1. The molecule has 1 aromatic rings. The van der Waals surface area contributed by atoms with Crippen LogP contribution >= 0.6 is 28.3 Å². The quantitative estimate of drug-likeness (QED) is 0.769. The molecule has 1 unspecified atom stereocenters. The predicted molar refractivity (Wildman–Crippen MR) is 82.1 cm³/mol. The van der Waals surface area contributed by atoms with E-state index in [1.54, 1.807) is 0 Å². The van der Waals surface area contributed by atoms with Gasteiger partial charge < -0.3 is 4.74 Å². The van der Waals surface area contributed by atoms with Gasteiger partial charge in [0.25, 0.3) is 6.43 Å². The van der Waals surface area contributed by atoms with Crippen LogP contribution in [0.4, 0.5) is 8.78 Å². The van der Waals surface area contributed by atoms with Crippen molar-refractivity contribution in [3.63, 3.8) is 0 Å². The molecule has 1 saturated heterocycles. The van der Waals surface area contributed by atoms with Crippen LogP contribution in [0.25, 0.3) is 0 Å². The second kappa shape index (κ2) is 8.80. The molecule has 1 aromatic carbocycles. The fraction of sp³-hybridized carbons (Fsp3) is 0.571. The Kier molecular flexibility index (Phi) is 7.77. The van der Waals surface area contributed by atoms with Crippen molar-refractivity contribution in [2.45, 2.75) is 19.3 Å². The summed E-state index contributed by atoms with van der Waals surface area (Å²) < 4.78 is 31.4. The Hall–Kier alpha value is -0.390. The molecule has 2 nitrogen and oxygen atoms in total. The first kappa shape index (κ1) is 17.7. The molecule has 0 radical (unpaired) electrons. The Morgan fingerprint density at radius 1 is 1.30 bits per heavy atom. The molecule has 0 bridgehead atoms. The number of hydrogen-bond acceptors (Lipinski definition) is 2. The summed E-state index contributed by atoms with van der Waals surface area (Å²) in [7, 11) is 0. The lowest BCUT2D eigenvalue weighted by atomic mass is 9.99. The second-order valence-electron chi connectivity index (χ2n) is 4.92. The van der Waals surface area contributed by atoms with Crippen LogP contribution in [0.2, 0.25) is 0 Å². The average Bonchev–Trinajstić information content (AvgIpc) is 2.38. The number of ether oxygens (including phenoxy) is 1. The van der Waals surface area contributed by atoms with Crippen molar-refractivity contribution < 1.29 is 13.5 Å². The molecule has 6 heteroatoms. The molecule has 20 heavy (non-hydrogen) atoms. The maximum atomic E-state index is 12.4. The van der Waals surface area contributed by atoms with Gasteiger partial charge in [-0.3, -0.25) is 4.90 Å². The first-order valence-corrected chi connectivity index (χ1v) is 7.31. The van der Waals surface area contributed by atoms with E-state index in [0.717, 1.165) is 29.6 Å². The zero-order chi connectivity index (χ0) is 13.7. The highest BCUT2D eigenvalue weighted by molar-refractivity contribution is 9.10. The zero-order valence-electron chi connectivity index (χ0n) is 11.1. The number of benzene rings is 1. The van der Waals surface area contributed by atoms with Gasteiger partial charge in [0, 0.05) is 16.9 Å². The van der Waals surface area contributed by atoms with Crippen molar-refractivity contribution in [2.24, 2.45) is 5.92 Å². The Balaban J connectivity index is 0.00000200. The van der Waals surface area contributed by atoms with Crippen molar-refractivity contribution in [2.75, 3.05) is 26.2 Å². The molecule has 0 saturated carbocycles. The van der Waals surface area contributed by atoms with Gasteiger partial charge in [0.1, 0.15) is 5.75 Å². The van der Waals surface area contributed by atoms with Gasteiger partial charge in [-0.15, -0.1) is 12.4 Å². The first-order chi connectivity index (χ1) is 9.13. The highest BCUT2D eigenvalue weighted by Gasteiger charge is 2.22. The first-order valence-electron chi connectivity index (χ1n) is 6.52. The highest BCUT2D eigenvalue weighted by atomic mass is 79.9. The fourth-order valence-corrected chi connectivity index (χ4v) is 2.66. The molecule has 0 spiro atoms. The predicted octanol–water partition coefficient (Wildman–Crippen LogP) is 4.23. The molecule has 1 heterocycles. The molecule has 1 fully saturated rings. The fourth-order valence-electron chi connectivity index (χ4n) is 2.39. The van der Waals surface area contributed by atoms with Crippen LogP contribution in [-0.2, 0) is 0 Å². The number of halogens is 4. The van der Waals surface area contributed by atoms with Crippen molar-refractivity contribution in [3.8, 4) is 5.75 Å². The molecule has 114 valence electrons. The zero-order valence-corrected chi connectivity index (χ0v) is 13.5. The van der Waals surface area contributed by atoms with E-state index in [1.807, 2.05) is 29.2 Å². The maximum Gasteiger partial charge on any atom is 0.251 e. The maximum absolute atomic E-state index is 12.4. The van der Waals surface area contributed by atoms with Gasteiger partial charge in [0.15, 0.2) is 0 Å². The monoisotopic (exact) mass is 369 g/mol. The lowest BCUT2D eigenvalue weighted by Crippen LogP contribution is -2.40. The van der Waals surface area contributed by atoms with E-state index in [4.69, 9.17) is 4.74 Å². The van der Waals surface area contributed by atoms with Gasteiger partial charge in [-0.25, -0.2) is 8.78 Å². The Bertz CT molecular complexity index is 391. The van der Waals surface area contributed by atoms with E-state index in [1.165, 1.54) is 0 Å². The van der Waals surface area contributed by atoms with Crippen molar-refractivity contribution in [1.82, 2.24) is 4.90 Å². The molecule has 0 amide bonds. The summed E-state index contributed by atoms with van der Waals surface area (Å²) >= 11 is 3.37. The van der Waals surface area contributed by atoms with E-state index in [0.29, 0.717) is 19.1 Å². The molecule has 0 N–H and O–H groups in total. The van der Waals surface area contributed by atoms with Gasteiger partial charge in [0.2, 0.25) is 0 Å². The van der Waals surface area contributed by atoms with Gasteiger partial charge in [-0.1, -0.05) is 15.9 Å². The number of rotatable bonds is 5. The van der Waals surface area contributed by atoms with Gasteiger partial charge >= 0.3 is 0 Å². The van der Waals surface area contributed by atoms with E-state index in [2.05, 4.69) is 15.9 Å². The smallest absolute Gasteiger partial charge is 0.251 e. The van der Waals surface area contributed by atoms with Gasteiger partial charge in [-0.05, 0) is 43.7 Å². The van der Waals surface area contributed by atoms with Crippen LogP contribution in [0.3, 0.4) is 0 Å². The summed E-state index contributed by atoms with van der Waals surface area (Å²) in [5.74, 6) is 1.17. The summed E-state index contributed by atoms with van der Waals surface area (Å²) in [4.78, 5) is 1.84. The molecule has 1 aliphatic heterocycles. The van der Waals surface area contributed by atoms with Gasteiger partial charge in [0.05, 0.1) is 13.2 Å². The van der Waals surface area contributed by atoms with Crippen molar-refractivity contribution >= 4 is 28.3 Å². The van der Waals surface area contributed by atoms with Crippen LogP contribution in [-0.4, -0.2) is 37.6 Å². The second-order valence-corrected chi connectivity index (χ2v) is 5.84. The van der Waals surface area contributed by atoms with E-state index >= 15 is 0 Å². The third-order valence-corrected chi connectivity index (χ3v) is 3.83. The Morgan fingerprint density at radius 2 is 2.00 bits per heavy atom. The topological polar surface area (TPSA) is 12.5 Å². The summed E-state index contributed by atoms with van der Waals surface area (Å²) in [6.07, 6.45) is -0.219. The summed E-state index contributed by atoms with van der Waals surface area (Å²) in [5.41, 5.74) is 0. The van der Waals surface area contributed by atoms with Crippen LogP contribution in [0.1, 0.15) is 12.8 Å². The Morgan fingerprint density at radius 3 is 2.65 bits per heavy atom. The van der Waals surface area contributed by atoms with Crippen molar-refractivity contribution in [3.05, 3.63) is 28.7 Å². The molecule has 2 rings (SSSR count). The van der Waals surface area contributed by atoms with E-state index < -0.39 is 6.43 Å². The van der Waals surface area contributed by atoms with E-state index in [-0.39, 0.29) is 19.0 Å². The average molecular weight is 371 g/mol. The standard InChI is InChI=1S/C14H18BrF2NO.ClH/c15-12-3-5-13(6-4-12)19-10-11-2-1-7-18(8-11)9-14(16)17;/h3-6,11,14H,1-2,7-10H2;1H. The molecule has 1 atom stereocenters. The minimum absolute atomic E-state index is 0. The van der Waals surface area contributed by atoms with E-state index in [9.17, 15) is 8.78 Å². The number of hydrogen-bond donors (Lipinski definition) is 0. The minimum atomic E-state index is -2.24. The summed E-state index contributed by atoms with van der Waals surface area (Å²) in [6, 6.07) is 7.67. The highest BCUT2D eigenvalue weighted by Crippen LogP contribution is 2.20. The number of likely N-dealkylation sites (tertiary alicyclic amines) is 1. The normalized spacial score (nSPS) is 19.7. The largest absolute Gasteiger partial charge is 0.493 e. The number of alkyl halides is 2. The SMILES string of the molecule is Cl.FC(F)CN1CCCC(COc2ccc(Br)cc2)C1. The van der Waals surface area contributed by atoms with Crippen molar-refractivity contribution in [1.29, 1.82) is 0 Å². The van der Waals surface area contributed by atoms with Gasteiger partial charge in [-0.2, -0.15) is 0 Å². The molecule has 0 aromatic heterocycles. The third-order valence-electron chi connectivity index (χ3n) is 3.30. The third kappa shape index (κ3) is 5.94. The van der Waals surface area contributed by atoms with Crippen LogP contribution in [0.15, 0.2) is 28.7 Å². The summed E-state index contributed by atoms with van der Waals surface area (Å²) in [6.45, 7) is 1.97. The number of piperidine rings is 1.